The largest absolute Gasteiger partial charge is 0.481 e. The number of carboxylic acid groups (broad SMARTS) is 1. The van der Waals surface area contributed by atoms with Gasteiger partial charge in [-0.1, -0.05) is 18.9 Å². The van der Waals surface area contributed by atoms with Crippen LogP contribution in [0, 0.1) is 12.7 Å². The molecule has 0 spiro atoms. The van der Waals surface area contributed by atoms with E-state index >= 15 is 0 Å². The Balaban J connectivity index is 2.66. The first-order valence-electron chi connectivity index (χ1n) is 5.67. The second-order valence-corrected chi connectivity index (χ2v) is 5.44. The zero-order valence-electron chi connectivity index (χ0n) is 9.59. The molecule has 1 aliphatic carbocycles. The van der Waals surface area contributed by atoms with Gasteiger partial charge < -0.3 is 5.11 Å². The Morgan fingerprint density at radius 2 is 2.00 bits per heavy atom. The van der Waals surface area contributed by atoms with Crippen molar-refractivity contribution in [3.8, 4) is 0 Å². The maximum atomic E-state index is 13.6. The normalized spacial score (nSPS) is 18.3. The minimum atomic E-state index is -0.912. The summed E-state index contributed by atoms with van der Waals surface area (Å²) < 4.78 is 13.9. The van der Waals surface area contributed by atoms with Gasteiger partial charge in [0.15, 0.2) is 0 Å². The van der Waals surface area contributed by atoms with Gasteiger partial charge in [0.1, 0.15) is 5.82 Å². The smallest absolute Gasteiger partial charge is 0.314 e. The quantitative estimate of drug-likeness (QED) is 0.902. The molecule has 17 heavy (non-hydrogen) atoms. The number of aliphatic carboxylic acids is 1. The number of aryl methyl sites for hydroxylation is 1. The number of carboxylic acids is 1. The summed E-state index contributed by atoms with van der Waals surface area (Å²) in [6.07, 6.45) is 2.94. The highest BCUT2D eigenvalue weighted by Crippen LogP contribution is 2.46. The Kier molecular flexibility index (Phi) is 3.25. The molecular weight excluding hydrogens is 287 g/mol. The highest BCUT2D eigenvalue weighted by Gasteiger charge is 2.45. The fourth-order valence-corrected chi connectivity index (χ4v) is 3.61. The van der Waals surface area contributed by atoms with Gasteiger partial charge in [-0.2, -0.15) is 0 Å². The van der Waals surface area contributed by atoms with E-state index < -0.39 is 17.2 Å². The SMILES string of the molecule is Cc1ccc(F)c(Br)c1C1(C(=O)O)CCCC1. The van der Waals surface area contributed by atoms with Crippen molar-refractivity contribution in [3.63, 3.8) is 0 Å². The molecule has 0 aliphatic heterocycles. The first-order chi connectivity index (χ1) is 7.99. The van der Waals surface area contributed by atoms with E-state index in [1.165, 1.54) is 6.07 Å². The minimum absolute atomic E-state index is 0.307. The van der Waals surface area contributed by atoms with Crippen molar-refractivity contribution in [1.82, 2.24) is 0 Å². The maximum Gasteiger partial charge on any atom is 0.314 e. The van der Waals surface area contributed by atoms with Crippen LogP contribution in [-0.4, -0.2) is 11.1 Å². The van der Waals surface area contributed by atoms with E-state index in [1.807, 2.05) is 6.92 Å². The van der Waals surface area contributed by atoms with Crippen LogP contribution in [0.1, 0.15) is 36.8 Å². The molecule has 0 aromatic heterocycles. The predicted molar refractivity (Wildman–Crippen MR) is 66.6 cm³/mol. The first-order valence-corrected chi connectivity index (χ1v) is 6.47. The predicted octanol–water partition coefficient (Wildman–Crippen LogP) is 3.79. The van der Waals surface area contributed by atoms with E-state index in [-0.39, 0.29) is 0 Å². The fraction of sp³-hybridized carbons (Fsp3) is 0.462. The third kappa shape index (κ3) is 1.88. The van der Waals surface area contributed by atoms with E-state index in [2.05, 4.69) is 15.9 Å². The topological polar surface area (TPSA) is 37.3 Å². The molecular formula is C13H14BrFO2. The van der Waals surface area contributed by atoms with Crippen molar-refractivity contribution >= 4 is 21.9 Å². The van der Waals surface area contributed by atoms with Crippen molar-refractivity contribution in [3.05, 3.63) is 33.5 Å². The Labute approximate surface area is 108 Å². The van der Waals surface area contributed by atoms with Gasteiger partial charge >= 0.3 is 5.97 Å². The zero-order valence-corrected chi connectivity index (χ0v) is 11.2. The number of benzene rings is 1. The summed E-state index contributed by atoms with van der Waals surface area (Å²) in [5.74, 6) is -1.23. The molecule has 0 heterocycles. The van der Waals surface area contributed by atoms with E-state index in [0.717, 1.165) is 18.4 Å². The average Bonchev–Trinajstić information content (AvgIpc) is 2.74. The van der Waals surface area contributed by atoms with Gasteiger partial charge in [-0.05, 0) is 52.9 Å². The average molecular weight is 301 g/mol. The molecule has 1 N–H and O–H groups in total. The molecule has 1 aliphatic rings. The van der Waals surface area contributed by atoms with Crippen molar-refractivity contribution in [2.75, 3.05) is 0 Å². The van der Waals surface area contributed by atoms with Gasteiger partial charge in [-0.3, -0.25) is 4.79 Å². The van der Waals surface area contributed by atoms with Crippen LogP contribution in [0.4, 0.5) is 4.39 Å². The van der Waals surface area contributed by atoms with Crippen LogP contribution in [0.3, 0.4) is 0 Å². The highest BCUT2D eigenvalue weighted by molar-refractivity contribution is 9.10. The van der Waals surface area contributed by atoms with Gasteiger partial charge in [0.05, 0.1) is 9.89 Å². The van der Waals surface area contributed by atoms with Crippen molar-refractivity contribution in [1.29, 1.82) is 0 Å². The van der Waals surface area contributed by atoms with Crippen LogP contribution in [0.25, 0.3) is 0 Å². The first kappa shape index (κ1) is 12.6. The molecule has 2 nitrogen and oxygen atoms in total. The molecule has 0 amide bonds. The lowest BCUT2D eigenvalue weighted by Crippen LogP contribution is -2.34. The van der Waals surface area contributed by atoms with Crippen LogP contribution >= 0.6 is 15.9 Å². The number of hydrogen-bond donors (Lipinski definition) is 1. The standard InChI is InChI=1S/C13H14BrFO2/c1-8-4-5-9(15)11(14)10(8)13(12(16)17)6-2-3-7-13/h4-5H,2-3,6-7H2,1H3,(H,16,17). The van der Waals surface area contributed by atoms with E-state index in [9.17, 15) is 14.3 Å². The number of rotatable bonds is 2. The Bertz CT molecular complexity index is 465. The fourth-order valence-electron chi connectivity index (χ4n) is 2.78. The molecule has 0 unspecified atom stereocenters. The highest BCUT2D eigenvalue weighted by atomic mass is 79.9. The van der Waals surface area contributed by atoms with E-state index in [0.29, 0.717) is 22.9 Å². The molecule has 1 saturated carbocycles. The molecule has 2 rings (SSSR count). The van der Waals surface area contributed by atoms with E-state index in [1.54, 1.807) is 6.07 Å². The molecule has 1 aromatic rings. The lowest BCUT2D eigenvalue weighted by molar-refractivity contribution is -0.143. The van der Waals surface area contributed by atoms with Crippen molar-refractivity contribution < 1.29 is 14.3 Å². The second kappa shape index (κ2) is 4.41. The summed E-state index contributed by atoms with van der Waals surface area (Å²) in [6, 6.07) is 3.02. The maximum absolute atomic E-state index is 13.6. The molecule has 0 radical (unpaired) electrons. The molecule has 4 heteroatoms. The van der Waals surface area contributed by atoms with Crippen LogP contribution in [0.2, 0.25) is 0 Å². The number of carbonyl (C=O) groups is 1. The summed E-state index contributed by atoms with van der Waals surface area (Å²) in [5, 5.41) is 9.51. The third-order valence-corrected chi connectivity index (χ3v) is 4.42. The lowest BCUT2D eigenvalue weighted by atomic mass is 9.77. The van der Waals surface area contributed by atoms with Gasteiger partial charge in [0, 0.05) is 0 Å². The Morgan fingerprint density at radius 3 is 2.53 bits per heavy atom. The van der Waals surface area contributed by atoms with Crippen LogP contribution in [0.15, 0.2) is 16.6 Å². The van der Waals surface area contributed by atoms with Gasteiger partial charge in [-0.25, -0.2) is 4.39 Å². The molecule has 1 aromatic carbocycles. The monoisotopic (exact) mass is 300 g/mol. The van der Waals surface area contributed by atoms with Crippen molar-refractivity contribution in [2.45, 2.75) is 38.0 Å². The number of hydrogen-bond acceptors (Lipinski definition) is 1. The summed E-state index contributed by atoms with van der Waals surface area (Å²) in [5.41, 5.74) is 0.537. The second-order valence-electron chi connectivity index (χ2n) is 4.65. The molecule has 1 fully saturated rings. The van der Waals surface area contributed by atoms with Crippen molar-refractivity contribution in [2.24, 2.45) is 0 Å². The van der Waals surface area contributed by atoms with Crippen LogP contribution in [0.5, 0.6) is 0 Å². The minimum Gasteiger partial charge on any atom is -0.481 e. The molecule has 0 saturated heterocycles. The molecule has 92 valence electrons. The summed E-state index contributed by atoms with van der Waals surface area (Å²) in [6.45, 7) is 1.84. The Morgan fingerprint density at radius 1 is 1.41 bits per heavy atom. The molecule has 0 bridgehead atoms. The molecule has 0 atom stereocenters. The number of halogens is 2. The lowest BCUT2D eigenvalue weighted by Gasteiger charge is -2.27. The van der Waals surface area contributed by atoms with Crippen LogP contribution < -0.4 is 0 Å². The zero-order chi connectivity index (χ0) is 12.6. The van der Waals surface area contributed by atoms with Crippen LogP contribution in [-0.2, 0) is 10.2 Å². The summed E-state index contributed by atoms with van der Waals surface area (Å²) in [4.78, 5) is 11.6. The van der Waals surface area contributed by atoms with Gasteiger partial charge in [0.25, 0.3) is 0 Å². The van der Waals surface area contributed by atoms with Gasteiger partial charge in [-0.15, -0.1) is 0 Å². The van der Waals surface area contributed by atoms with E-state index in [4.69, 9.17) is 0 Å². The summed E-state index contributed by atoms with van der Waals surface area (Å²) >= 11 is 3.21. The summed E-state index contributed by atoms with van der Waals surface area (Å²) in [7, 11) is 0. The van der Waals surface area contributed by atoms with Gasteiger partial charge in [0.2, 0.25) is 0 Å². The third-order valence-electron chi connectivity index (χ3n) is 3.65. The Hall–Kier alpha value is -0.900.